The van der Waals surface area contributed by atoms with Gasteiger partial charge in [0.1, 0.15) is 0 Å². The highest BCUT2D eigenvalue weighted by atomic mass is 16.2. The second-order valence-corrected chi connectivity index (χ2v) is 4.39. The van der Waals surface area contributed by atoms with Crippen LogP contribution in [-0.4, -0.2) is 12.6 Å². The zero-order valence-electron chi connectivity index (χ0n) is 10.7. The number of hydrogen-bond donors (Lipinski definition) is 2. The number of anilines is 1. The molecular weight excluding hydrogens is 238 g/mol. The molecule has 0 aliphatic rings. The van der Waals surface area contributed by atoms with Crippen molar-refractivity contribution in [2.24, 2.45) is 5.92 Å². The number of hydrogen-bond acceptors (Lipinski definition) is 2. The number of rotatable bonds is 3. The van der Waals surface area contributed by atoms with E-state index in [0.717, 1.165) is 16.5 Å². The maximum atomic E-state index is 11.7. The van der Waals surface area contributed by atoms with Crippen LogP contribution in [-0.2, 0) is 0 Å². The Balaban J connectivity index is 2.09. The fraction of sp³-hybridized carbons (Fsp3) is 0.200. The summed E-state index contributed by atoms with van der Waals surface area (Å²) in [6, 6.07) is 15.4. The van der Waals surface area contributed by atoms with Crippen molar-refractivity contribution in [1.82, 2.24) is 5.32 Å². The van der Waals surface area contributed by atoms with Gasteiger partial charge in [0.05, 0.1) is 17.7 Å². The number of nitrogens with zero attached hydrogens (tertiary/aromatic N) is 1. The molecule has 0 aromatic heterocycles. The van der Waals surface area contributed by atoms with Gasteiger partial charge in [-0.15, -0.1) is 0 Å². The van der Waals surface area contributed by atoms with Crippen molar-refractivity contribution in [3.63, 3.8) is 0 Å². The Bertz CT molecular complexity index is 625. The first kappa shape index (κ1) is 12.9. The molecule has 0 aliphatic heterocycles. The fourth-order valence-electron chi connectivity index (χ4n) is 1.79. The lowest BCUT2D eigenvalue weighted by atomic mass is 10.1. The van der Waals surface area contributed by atoms with Gasteiger partial charge in [0.2, 0.25) is 0 Å². The largest absolute Gasteiger partial charge is 0.337 e. The highest BCUT2D eigenvalue weighted by Crippen LogP contribution is 2.22. The molecule has 2 aromatic rings. The monoisotopic (exact) mass is 253 g/mol. The van der Waals surface area contributed by atoms with E-state index in [1.165, 1.54) is 0 Å². The summed E-state index contributed by atoms with van der Waals surface area (Å²) < 4.78 is 0. The van der Waals surface area contributed by atoms with Gasteiger partial charge >= 0.3 is 6.03 Å². The van der Waals surface area contributed by atoms with Gasteiger partial charge < -0.3 is 10.6 Å². The van der Waals surface area contributed by atoms with Crippen LogP contribution in [0.5, 0.6) is 0 Å². The number of fused-ring (bicyclic) bond motifs is 1. The predicted octanol–water partition coefficient (Wildman–Crippen LogP) is 3.12. The summed E-state index contributed by atoms with van der Waals surface area (Å²) in [4.78, 5) is 11.7. The Morgan fingerprint density at radius 2 is 2.00 bits per heavy atom. The van der Waals surface area contributed by atoms with Crippen molar-refractivity contribution in [3.05, 3.63) is 42.5 Å². The Morgan fingerprint density at radius 1 is 1.26 bits per heavy atom. The van der Waals surface area contributed by atoms with Crippen LogP contribution in [0.3, 0.4) is 0 Å². The van der Waals surface area contributed by atoms with Gasteiger partial charge in [-0.1, -0.05) is 36.4 Å². The van der Waals surface area contributed by atoms with Gasteiger partial charge in [0, 0.05) is 11.9 Å². The molecular formula is C15H15N3O. The zero-order chi connectivity index (χ0) is 13.7. The lowest BCUT2D eigenvalue weighted by Crippen LogP contribution is -2.32. The van der Waals surface area contributed by atoms with E-state index < -0.39 is 0 Å². The van der Waals surface area contributed by atoms with Crippen molar-refractivity contribution >= 4 is 22.5 Å². The van der Waals surface area contributed by atoms with Crippen molar-refractivity contribution in [3.8, 4) is 6.07 Å². The molecule has 0 bridgehead atoms. The summed E-state index contributed by atoms with van der Waals surface area (Å²) in [6.45, 7) is 2.10. The number of carbonyl (C=O) groups is 1. The molecule has 0 saturated carbocycles. The molecule has 1 unspecified atom stereocenters. The van der Waals surface area contributed by atoms with Crippen LogP contribution in [0.4, 0.5) is 10.5 Å². The highest BCUT2D eigenvalue weighted by Gasteiger charge is 2.06. The van der Waals surface area contributed by atoms with Crippen LogP contribution in [0.15, 0.2) is 42.5 Å². The standard InChI is InChI=1S/C15H15N3O/c1-11(9-16)10-17-15(19)18-14-8-4-6-12-5-2-3-7-13(12)14/h2-8,11H,10H2,1H3,(H2,17,18,19). The van der Waals surface area contributed by atoms with Gasteiger partial charge in [-0.25, -0.2) is 4.79 Å². The quantitative estimate of drug-likeness (QED) is 0.882. The molecule has 0 saturated heterocycles. The maximum Gasteiger partial charge on any atom is 0.319 e. The summed E-state index contributed by atoms with van der Waals surface area (Å²) >= 11 is 0. The van der Waals surface area contributed by atoms with Crippen LogP contribution < -0.4 is 10.6 Å². The van der Waals surface area contributed by atoms with E-state index in [0.29, 0.717) is 6.54 Å². The maximum absolute atomic E-state index is 11.7. The molecule has 0 radical (unpaired) electrons. The Hall–Kier alpha value is -2.54. The third kappa shape index (κ3) is 3.23. The molecule has 4 heteroatoms. The first-order chi connectivity index (χ1) is 9.20. The van der Waals surface area contributed by atoms with Crippen LogP contribution >= 0.6 is 0 Å². The molecule has 2 amide bonds. The number of urea groups is 1. The van der Waals surface area contributed by atoms with Gasteiger partial charge in [-0.05, 0) is 18.4 Å². The minimum Gasteiger partial charge on any atom is -0.337 e. The third-order valence-electron chi connectivity index (χ3n) is 2.83. The molecule has 0 heterocycles. The lowest BCUT2D eigenvalue weighted by Gasteiger charge is -2.10. The van der Waals surface area contributed by atoms with E-state index in [9.17, 15) is 4.79 Å². The number of carbonyl (C=O) groups excluding carboxylic acids is 1. The molecule has 0 fully saturated rings. The van der Waals surface area contributed by atoms with Crippen LogP contribution in [0.25, 0.3) is 10.8 Å². The first-order valence-corrected chi connectivity index (χ1v) is 6.13. The number of nitriles is 1. The molecule has 96 valence electrons. The third-order valence-corrected chi connectivity index (χ3v) is 2.83. The number of benzene rings is 2. The van der Waals surface area contributed by atoms with E-state index in [1.807, 2.05) is 42.5 Å². The summed E-state index contributed by atoms with van der Waals surface area (Å²) in [5.41, 5.74) is 0.764. The molecule has 4 nitrogen and oxygen atoms in total. The normalized spacial score (nSPS) is 11.6. The van der Waals surface area contributed by atoms with Crippen LogP contribution in [0.2, 0.25) is 0 Å². The van der Waals surface area contributed by atoms with E-state index >= 15 is 0 Å². The van der Waals surface area contributed by atoms with Gasteiger partial charge in [-0.2, -0.15) is 5.26 Å². The fourth-order valence-corrected chi connectivity index (χ4v) is 1.79. The lowest BCUT2D eigenvalue weighted by molar-refractivity contribution is 0.251. The van der Waals surface area contributed by atoms with Crippen molar-refractivity contribution in [2.45, 2.75) is 6.92 Å². The van der Waals surface area contributed by atoms with Gasteiger partial charge in [-0.3, -0.25) is 0 Å². The predicted molar refractivity (Wildman–Crippen MR) is 75.7 cm³/mol. The minimum absolute atomic E-state index is 0.196. The number of amides is 2. The highest BCUT2D eigenvalue weighted by molar-refractivity contribution is 6.01. The van der Waals surface area contributed by atoms with Crippen LogP contribution in [0, 0.1) is 17.2 Å². The summed E-state index contributed by atoms with van der Waals surface area (Å²) in [5, 5.41) is 16.2. The molecule has 0 aliphatic carbocycles. The van der Waals surface area contributed by atoms with E-state index in [2.05, 4.69) is 16.7 Å². The molecule has 2 aromatic carbocycles. The minimum atomic E-state index is -0.293. The first-order valence-electron chi connectivity index (χ1n) is 6.13. The van der Waals surface area contributed by atoms with E-state index in [4.69, 9.17) is 5.26 Å². The molecule has 1 atom stereocenters. The van der Waals surface area contributed by atoms with Gasteiger partial charge in [0.25, 0.3) is 0 Å². The Labute approximate surface area is 112 Å². The SMILES string of the molecule is CC(C#N)CNC(=O)Nc1cccc2ccccc12. The molecule has 19 heavy (non-hydrogen) atoms. The molecule has 2 rings (SSSR count). The summed E-state index contributed by atoms with van der Waals surface area (Å²) in [6.07, 6.45) is 0. The Kier molecular flexibility index (Phi) is 3.99. The second kappa shape index (κ2) is 5.87. The smallest absolute Gasteiger partial charge is 0.319 e. The van der Waals surface area contributed by atoms with E-state index in [-0.39, 0.29) is 11.9 Å². The molecule has 2 N–H and O–H groups in total. The summed E-state index contributed by atoms with van der Waals surface area (Å²) in [5.74, 6) is -0.196. The average molecular weight is 253 g/mol. The average Bonchev–Trinajstić information content (AvgIpc) is 2.45. The topological polar surface area (TPSA) is 64.9 Å². The van der Waals surface area contributed by atoms with Crippen molar-refractivity contribution in [2.75, 3.05) is 11.9 Å². The van der Waals surface area contributed by atoms with Gasteiger partial charge in [0.15, 0.2) is 0 Å². The summed E-state index contributed by atoms with van der Waals surface area (Å²) in [7, 11) is 0. The second-order valence-electron chi connectivity index (χ2n) is 4.39. The van der Waals surface area contributed by atoms with Crippen molar-refractivity contribution < 1.29 is 4.79 Å². The van der Waals surface area contributed by atoms with Crippen LogP contribution in [0.1, 0.15) is 6.92 Å². The number of nitrogens with one attached hydrogen (secondary N) is 2. The molecule has 0 spiro atoms. The Morgan fingerprint density at radius 3 is 2.79 bits per heavy atom. The van der Waals surface area contributed by atoms with E-state index in [1.54, 1.807) is 6.92 Å². The van der Waals surface area contributed by atoms with Crippen molar-refractivity contribution in [1.29, 1.82) is 5.26 Å². The zero-order valence-corrected chi connectivity index (χ0v) is 10.7.